The number of amides is 1. The number of carbonyl (C=O) groups is 1. The summed E-state index contributed by atoms with van der Waals surface area (Å²) in [5, 5.41) is 12.5. The second-order valence-corrected chi connectivity index (χ2v) is 8.69. The highest BCUT2D eigenvalue weighted by Gasteiger charge is 2.21. The average Bonchev–Trinajstić information content (AvgIpc) is 3.32. The van der Waals surface area contributed by atoms with Crippen LogP contribution in [-0.2, 0) is 6.54 Å². The summed E-state index contributed by atoms with van der Waals surface area (Å²) in [5.74, 6) is 0.648. The summed E-state index contributed by atoms with van der Waals surface area (Å²) in [4.78, 5) is 31.0. The van der Waals surface area contributed by atoms with Crippen molar-refractivity contribution in [3.63, 3.8) is 0 Å². The molecule has 4 aromatic rings. The Hall–Kier alpha value is -3.81. The second-order valence-electron chi connectivity index (χ2n) is 8.69. The minimum atomic E-state index is -0.403. The molecule has 0 aliphatic heterocycles. The molecule has 0 fully saturated rings. The Bertz CT molecular complexity index is 1390. The van der Waals surface area contributed by atoms with Gasteiger partial charge in [-0.25, -0.2) is 4.68 Å². The lowest BCUT2D eigenvalue weighted by Crippen LogP contribution is -2.28. The molecular weight excluding hydrogens is 430 g/mol. The van der Waals surface area contributed by atoms with Crippen LogP contribution in [0, 0.1) is 6.92 Å². The molecule has 0 saturated carbocycles. The Morgan fingerprint density at radius 3 is 2.56 bits per heavy atom. The van der Waals surface area contributed by atoms with Crippen molar-refractivity contribution in [2.45, 2.75) is 59.4 Å². The Morgan fingerprint density at radius 1 is 1.09 bits per heavy atom. The summed E-state index contributed by atoms with van der Waals surface area (Å²) >= 11 is 0. The highest BCUT2D eigenvalue weighted by Crippen LogP contribution is 2.31. The quantitative estimate of drug-likeness (QED) is 0.358. The minimum absolute atomic E-state index is 0.115. The van der Waals surface area contributed by atoms with E-state index in [1.807, 2.05) is 39.0 Å². The molecule has 34 heavy (non-hydrogen) atoms. The van der Waals surface area contributed by atoms with E-state index in [2.05, 4.69) is 27.5 Å². The molecule has 0 aliphatic carbocycles. The summed E-state index contributed by atoms with van der Waals surface area (Å²) in [5.41, 5.74) is 2.06. The first-order valence-electron chi connectivity index (χ1n) is 11.7. The molecule has 0 radical (unpaired) electrons. The first-order chi connectivity index (χ1) is 16.4. The van der Waals surface area contributed by atoms with Crippen LogP contribution in [0.4, 0.5) is 5.69 Å². The fourth-order valence-corrected chi connectivity index (χ4v) is 3.83. The van der Waals surface area contributed by atoms with Crippen molar-refractivity contribution in [1.82, 2.24) is 19.9 Å². The molecule has 176 valence electrons. The number of aromatic nitrogens is 4. The molecule has 1 amide bonds. The Morgan fingerprint density at radius 2 is 1.85 bits per heavy atom. The van der Waals surface area contributed by atoms with Crippen LogP contribution in [0.2, 0.25) is 0 Å². The van der Waals surface area contributed by atoms with Crippen molar-refractivity contribution in [1.29, 1.82) is 0 Å². The molecule has 2 aromatic carbocycles. The number of aryl methyl sites for hydroxylation is 2. The number of fused-ring (bicyclic) bond motifs is 1. The summed E-state index contributed by atoms with van der Waals surface area (Å²) in [6, 6.07) is 12.7. The Labute approximate surface area is 198 Å². The summed E-state index contributed by atoms with van der Waals surface area (Å²) in [6.45, 7) is 8.44. The largest absolute Gasteiger partial charge is 0.334 e. The molecule has 2 heterocycles. The van der Waals surface area contributed by atoms with Crippen LogP contribution in [0.5, 0.6) is 0 Å². The average molecular weight is 460 g/mol. The van der Waals surface area contributed by atoms with Crippen LogP contribution in [0.25, 0.3) is 22.2 Å². The number of hydrogen-bond donors (Lipinski definition) is 1. The van der Waals surface area contributed by atoms with Crippen molar-refractivity contribution in [3.05, 3.63) is 69.9 Å². The van der Waals surface area contributed by atoms with Gasteiger partial charge in [0.05, 0.1) is 16.6 Å². The fraction of sp³-hybridized carbons (Fsp3) is 0.346. The molecule has 8 nitrogen and oxygen atoms in total. The maximum absolute atomic E-state index is 13.5. The molecule has 1 N–H and O–H groups in total. The van der Waals surface area contributed by atoms with Crippen LogP contribution < -0.4 is 10.9 Å². The van der Waals surface area contributed by atoms with Gasteiger partial charge in [0.1, 0.15) is 0 Å². The van der Waals surface area contributed by atoms with Gasteiger partial charge in [0, 0.05) is 17.8 Å². The van der Waals surface area contributed by atoms with E-state index in [1.165, 1.54) is 4.68 Å². The van der Waals surface area contributed by atoms with E-state index in [4.69, 9.17) is 4.52 Å². The molecule has 0 saturated heterocycles. The van der Waals surface area contributed by atoms with Crippen LogP contribution in [0.3, 0.4) is 0 Å². The Balaban J connectivity index is 1.75. The van der Waals surface area contributed by atoms with Crippen LogP contribution in [-0.4, -0.2) is 25.8 Å². The topological polar surface area (TPSA) is 103 Å². The van der Waals surface area contributed by atoms with Crippen molar-refractivity contribution in [2.24, 2.45) is 0 Å². The van der Waals surface area contributed by atoms with E-state index < -0.39 is 5.91 Å². The van der Waals surface area contributed by atoms with Crippen molar-refractivity contribution in [2.75, 3.05) is 5.32 Å². The lowest BCUT2D eigenvalue weighted by molar-refractivity contribution is 0.102. The van der Waals surface area contributed by atoms with E-state index >= 15 is 0 Å². The van der Waals surface area contributed by atoms with E-state index in [-0.39, 0.29) is 17.2 Å². The number of nitrogens with one attached hydrogen (secondary N) is 1. The van der Waals surface area contributed by atoms with Crippen LogP contribution in [0.1, 0.15) is 67.8 Å². The number of anilines is 1. The Kier molecular flexibility index (Phi) is 6.86. The van der Waals surface area contributed by atoms with Gasteiger partial charge >= 0.3 is 0 Å². The first-order valence-corrected chi connectivity index (χ1v) is 11.7. The van der Waals surface area contributed by atoms with E-state index in [0.29, 0.717) is 40.3 Å². The molecule has 4 rings (SSSR count). The smallest absolute Gasteiger partial charge is 0.276 e. The number of rotatable bonds is 8. The number of hydrogen-bond acceptors (Lipinski definition) is 6. The van der Waals surface area contributed by atoms with Gasteiger partial charge in [-0.2, -0.15) is 10.1 Å². The zero-order valence-electron chi connectivity index (χ0n) is 20.0. The third-order valence-electron chi connectivity index (χ3n) is 5.76. The lowest BCUT2D eigenvalue weighted by Gasteiger charge is -2.14. The molecule has 0 atom stereocenters. The van der Waals surface area contributed by atoms with Crippen molar-refractivity contribution < 1.29 is 9.32 Å². The van der Waals surface area contributed by atoms with E-state index in [1.54, 1.807) is 24.3 Å². The summed E-state index contributed by atoms with van der Waals surface area (Å²) in [7, 11) is 0. The third kappa shape index (κ3) is 4.62. The highest BCUT2D eigenvalue weighted by atomic mass is 16.5. The highest BCUT2D eigenvalue weighted by molar-refractivity contribution is 6.12. The molecule has 0 spiro atoms. The second kappa shape index (κ2) is 9.99. The zero-order valence-corrected chi connectivity index (χ0v) is 20.0. The van der Waals surface area contributed by atoms with Crippen LogP contribution in [0.15, 0.2) is 51.8 Å². The van der Waals surface area contributed by atoms with Gasteiger partial charge in [-0.15, -0.1) is 0 Å². The van der Waals surface area contributed by atoms with Gasteiger partial charge < -0.3 is 9.84 Å². The number of unbranched alkanes of at least 4 members (excludes halogenated alkanes) is 2. The molecule has 0 bridgehead atoms. The predicted molar refractivity (Wildman–Crippen MR) is 132 cm³/mol. The molecule has 0 aliphatic rings. The van der Waals surface area contributed by atoms with Gasteiger partial charge in [-0.3, -0.25) is 9.59 Å². The van der Waals surface area contributed by atoms with Gasteiger partial charge in [0.25, 0.3) is 17.4 Å². The summed E-state index contributed by atoms with van der Waals surface area (Å²) < 4.78 is 6.88. The van der Waals surface area contributed by atoms with E-state index in [9.17, 15) is 9.59 Å². The van der Waals surface area contributed by atoms with Gasteiger partial charge in [-0.1, -0.05) is 69.1 Å². The first kappa shape index (κ1) is 23.4. The fourth-order valence-electron chi connectivity index (χ4n) is 3.83. The predicted octanol–water partition coefficient (Wildman–Crippen LogP) is 5.32. The van der Waals surface area contributed by atoms with Gasteiger partial charge in [0.2, 0.25) is 0 Å². The minimum Gasteiger partial charge on any atom is -0.334 e. The maximum Gasteiger partial charge on any atom is 0.276 e. The zero-order chi connectivity index (χ0) is 24.2. The van der Waals surface area contributed by atoms with E-state index in [0.717, 1.165) is 24.8 Å². The van der Waals surface area contributed by atoms with Crippen molar-refractivity contribution >= 4 is 22.4 Å². The summed E-state index contributed by atoms with van der Waals surface area (Å²) in [6.07, 6.45) is 2.83. The van der Waals surface area contributed by atoms with Crippen LogP contribution >= 0.6 is 0 Å². The normalized spacial score (nSPS) is 11.3. The van der Waals surface area contributed by atoms with Crippen molar-refractivity contribution in [3.8, 4) is 11.5 Å². The molecule has 0 unspecified atom stereocenters. The number of nitrogens with zero attached hydrogens (tertiary/aromatic N) is 4. The standard InChI is InChI=1S/C26H29N5O3/c1-5-6-9-15-31-26(33)19-13-8-7-12-18(19)22(29-31)24(32)27-21-17(4)11-10-14-20(21)25-28-23(16(2)3)30-34-25/h7-8,10-14,16H,5-6,9,15H2,1-4H3,(H,27,32). The number of benzene rings is 2. The molecule has 2 aromatic heterocycles. The molecular formula is C26H29N5O3. The maximum atomic E-state index is 13.5. The van der Waals surface area contributed by atoms with Gasteiger partial charge in [-0.05, 0) is 31.0 Å². The van der Waals surface area contributed by atoms with Gasteiger partial charge in [0.15, 0.2) is 11.5 Å². The monoisotopic (exact) mass is 459 g/mol. The molecule has 8 heteroatoms. The lowest BCUT2D eigenvalue weighted by atomic mass is 10.1. The third-order valence-corrected chi connectivity index (χ3v) is 5.76. The number of para-hydroxylation sites is 1. The SMILES string of the molecule is CCCCCn1nc(C(=O)Nc2c(C)cccc2-c2nc(C(C)C)no2)c2ccccc2c1=O. The number of carbonyl (C=O) groups excluding carboxylic acids is 1.